The van der Waals surface area contributed by atoms with Crippen molar-refractivity contribution in [3.63, 3.8) is 0 Å². The molecule has 3 amide bonds. The second kappa shape index (κ2) is 5.76. The average molecular weight is 340 g/mol. The lowest BCUT2D eigenvalue weighted by atomic mass is 10.0. The molecular formula is C17H16N4O2S. The highest BCUT2D eigenvalue weighted by Crippen LogP contribution is 2.37. The molecule has 2 aliphatic heterocycles. The van der Waals surface area contributed by atoms with Crippen molar-refractivity contribution in [2.45, 2.75) is 12.6 Å². The molecule has 0 aliphatic carbocycles. The third-order valence-corrected chi connectivity index (χ3v) is 5.28. The smallest absolute Gasteiger partial charge is 0.322 e. The summed E-state index contributed by atoms with van der Waals surface area (Å²) in [6, 6.07) is 8.97. The van der Waals surface area contributed by atoms with Crippen LogP contribution in [-0.2, 0) is 11.3 Å². The summed E-state index contributed by atoms with van der Waals surface area (Å²) in [7, 11) is 1.70. The summed E-state index contributed by atoms with van der Waals surface area (Å²) in [4.78, 5) is 33.8. The Hall–Kier alpha value is -2.67. The Morgan fingerprint density at radius 1 is 1.29 bits per heavy atom. The van der Waals surface area contributed by atoms with Crippen LogP contribution in [0.3, 0.4) is 0 Å². The van der Waals surface area contributed by atoms with Gasteiger partial charge in [-0.1, -0.05) is 12.1 Å². The number of carbonyl (C=O) groups excluding carboxylic acids is 2. The Bertz CT molecular complexity index is 816. The lowest BCUT2D eigenvalue weighted by molar-refractivity contribution is -0.126. The van der Waals surface area contributed by atoms with Crippen LogP contribution in [0.4, 0.5) is 4.79 Å². The van der Waals surface area contributed by atoms with E-state index in [1.165, 1.54) is 16.2 Å². The largest absolute Gasteiger partial charge is 0.327 e. The predicted octanol–water partition coefficient (Wildman–Crippen LogP) is 2.14. The maximum absolute atomic E-state index is 13.0. The molecule has 2 aromatic heterocycles. The van der Waals surface area contributed by atoms with Gasteiger partial charge in [0.15, 0.2) is 0 Å². The number of carbonyl (C=O) groups is 2. The van der Waals surface area contributed by atoms with Crippen LogP contribution >= 0.6 is 11.3 Å². The fourth-order valence-corrected chi connectivity index (χ4v) is 3.89. The number of thiophene rings is 1. The molecule has 0 fully saturated rings. The second-order valence-electron chi connectivity index (χ2n) is 5.80. The van der Waals surface area contributed by atoms with Gasteiger partial charge in [-0.2, -0.15) is 0 Å². The van der Waals surface area contributed by atoms with Crippen LogP contribution in [0.5, 0.6) is 0 Å². The predicted molar refractivity (Wildman–Crippen MR) is 90.0 cm³/mol. The normalized spacial score (nSPS) is 20.5. The molecule has 0 unspecified atom stereocenters. The number of hydrogen-bond acceptors (Lipinski definition) is 4. The Kier molecular flexibility index (Phi) is 3.57. The van der Waals surface area contributed by atoms with Crippen molar-refractivity contribution in [2.24, 2.45) is 0 Å². The van der Waals surface area contributed by atoms with Gasteiger partial charge in [0, 0.05) is 18.1 Å². The third-order valence-electron chi connectivity index (χ3n) is 4.34. The molecule has 4 rings (SSSR count). The first kappa shape index (κ1) is 14.9. The third kappa shape index (κ3) is 2.37. The molecule has 6 nitrogen and oxygen atoms in total. The van der Waals surface area contributed by atoms with Crippen molar-refractivity contribution in [1.82, 2.24) is 20.1 Å². The van der Waals surface area contributed by atoms with E-state index in [2.05, 4.69) is 10.3 Å². The molecule has 1 N–H and O–H groups in total. The maximum atomic E-state index is 13.0. The van der Waals surface area contributed by atoms with Crippen molar-refractivity contribution in [3.05, 3.63) is 63.7 Å². The van der Waals surface area contributed by atoms with Gasteiger partial charge in [-0.05, 0) is 23.6 Å². The minimum Gasteiger partial charge on any atom is -0.327 e. The number of likely N-dealkylation sites (N-methyl/N-ethyl adjacent to an activating group) is 1. The zero-order valence-corrected chi connectivity index (χ0v) is 13.9. The number of hydrogen-bond donors (Lipinski definition) is 1. The standard InChI is InChI=1S/C17H16N4O2S/c1-20-12-10-21(9-11-5-2-3-7-18-11)16(22)14(12)15(19-17(20)23)13-6-4-8-24-13/h2-8,15H,9-10H2,1H3,(H,19,23)/t15-/m1/s1. The number of nitrogens with zero attached hydrogens (tertiary/aromatic N) is 3. The molecule has 4 heterocycles. The average Bonchev–Trinajstić information content (AvgIpc) is 3.22. The Balaban J connectivity index is 1.67. The number of urea groups is 1. The van der Waals surface area contributed by atoms with Crippen LogP contribution in [0.1, 0.15) is 16.6 Å². The van der Waals surface area contributed by atoms with Crippen molar-refractivity contribution in [3.8, 4) is 0 Å². The molecule has 0 spiro atoms. The zero-order valence-electron chi connectivity index (χ0n) is 13.1. The van der Waals surface area contributed by atoms with E-state index in [-0.39, 0.29) is 18.0 Å². The summed E-state index contributed by atoms with van der Waals surface area (Å²) < 4.78 is 0. The van der Waals surface area contributed by atoms with Gasteiger partial charge in [0.25, 0.3) is 5.91 Å². The van der Waals surface area contributed by atoms with Crippen LogP contribution < -0.4 is 5.32 Å². The molecule has 0 saturated carbocycles. The van der Waals surface area contributed by atoms with Crippen molar-refractivity contribution < 1.29 is 9.59 Å². The number of pyridine rings is 1. The first-order chi connectivity index (χ1) is 11.6. The van der Waals surface area contributed by atoms with Crippen molar-refractivity contribution in [1.29, 1.82) is 0 Å². The van der Waals surface area contributed by atoms with Crippen LogP contribution in [0, 0.1) is 0 Å². The van der Waals surface area contributed by atoms with E-state index < -0.39 is 0 Å². The van der Waals surface area contributed by atoms with Gasteiger partial charge in [-0.25, -0.2) is 4.79 Å². The molecule has 7 heteroatoms. The molecule has 0 aromatic carbocycles. The number of amides is 3. The summed E-state index contributed by atoms with van der Waals surface area (Å²) in [5.74, 6) is -0.0408. The Labute approximate surface area is 143 Å². The van der Waals surface area contributed by atoms with Crippen LogP contribution in [0.25, 0.3) is 0 Å². The highest BCUT2D eigenvalue weighted by atomic mass is 32.1. The summed E-state index contributed by atoms with van der Waals surface area (Å²) in [6.07, 6.45) is 1.72. The van der Waals surface area contributed by atoms with Gasteiger partial charge in [-0.3, -0.25) is 14.7 Å². The van der Waals surface area contributed by atoms with Gasteiger partial charge < -0.3 is 10.2 Å². The van der Waals surface area contributed by atoms with E-state index >= 15 is 0 Å². The van der Waals surface area contributed by atoms with Gasteiger partial charge in [-0.15, -0.1) is 11.3 Å². The SMILES string of the molecule is CN1C(=O)N[C@H](c2cccs2)C2=C1CN(Cc1ccccn1)C2=O. The van der Waals surface area contributed by atoms with Crippen molar-refractivity contribution in [2.75, 3.05) is 13.6 Å². The van der Waals surface area contributed by atoms with Crippen LogP contribution in [0.15, 0.2) is 53.2 Å². The fraction of sp³-hybridized carbons (Fsp3) is 0.235. The summed E-state index contributed by atoms with van der Waals surface area (Å²) in [5.41, 5.74) is 2.27. The minimum atomic E-state index is -0.370. The molecule has 0 saturated heterocycles. The quantitative estimate of drug-likeness (QED) is 0.931. The first-order valence-electron chi connectivity index (χ1n) is 7.65. The number of nitrogens with one attached hydrogen (secondary N) is 1. The zero-order chi connectivity index (χ0) is 16.7. The minimum absolute atomic E-state index is 0.0408. The van der Waals surface area contributed by atoms with Crippen LogP contribution in [-0.4, -0.2) is 40.3 Å². The Morgan fingerprint density at radius 3 is 2.88 bits per heavy atom. The summed E-state index contributed by atoms with van der Waals surface area (Å²) >= 11 is 1.54. The van der Waals surface area contributed by atoms with E-state index in [0.29, 0.717) is 18.7 Å². The molecule has 0 radical (unpaired) electrons. The van der Waals surface area contributed by atoms with E-state index in [9.17, 15) is 9.59 Å². The fourth-order valence-electron chi connectivity index (χ4n) is 3.11. The maximum Gasteiger partial charge on any atom is 0.322 e. The molecule has 24 heavy (non-hydrogen) atoms. The van der Waals surface area contributed by atoms with Gasteiger partial charge in [0.2, 0.25) is 0 Å². The van der Waals surface area contributed by atoms with E-state index in [0.717, 1.165) is 16.3 Å². The lowest BCUT2D eigenvalue weighted by Gasteiger charge is -2.30. The van der Waals surface area contributed by atoms with Gasteiger partial charge in [0.05, 0.1) is 36.1 Å². The van der Waals surface area contributed by atoms with Gasteiger partial charge >= 0.3 is 6.03 Å². The highest BCUT2D eigenvalue weighted by molar-refractivity contribution is 7.10. The molecule has 1 atom stereocenters. The molecule has 0 bridgehead atoms. The number of rotatable bonds is 3. The Morgan fingerprint density at radius 2 is 2.17 bits per heavy atom. The molecule has 2 aliphatic rings. The molecule has 2 aromatic rings. The summed E-state index contributed by atoms with van der Waals surface area (Å²) in [6.45, 7) is 0.863. The lowest BCUT2D eigenvalue weighted by Crippen LogP contribution is -2.45. The molecular weight excluding hydrogens is 324 g/mol. The highest BCUT2D eigenvalue weighted by Gasteiger charge is 2.43. The summed E-state index contributed by atoms with van der Waals surface area (Å²) in [5, 5.41) is 4.88. The van der Waals surface area contributed by atoms with Crippen molar-refractivity contribution >= 4 is 23.3 Å². The molecule has 122 valence electrons. The topological polar surface area (TPSA) is 65.5 Å². The monoisotopic (exact) mass is 340 g/mol. The van der Waals surface area contributed by atoms with E-state index in [1.807, 2.05) is 35.7 Å². The van der Waals surface area contributed by atoms with Gasteiger partial charge in [0.1, 0.15) is 0 Å². The van der Waals surface area contributed by atoms with E-state index in [1.54, 1.807) is 18.1 Å². The second-order valence-corrected chi connectivity index (χ2v) is 6.78. The van der Waals surface area contributed by atoms with E-state index in [4.69, 9.17) is 0 Å². The van der Waals surface area contributed by atoms with Crippen LogP contribution in [0.2, 0.25) is 0 Å². The first-order valence-corrected chi connectivity index (χ1v) is 8.53. The number of aromatic nitrogens is 1.